The van der Waals surface area contributed by atoms with Crippen LogP contribution < -0.4 is 16.3 Å². The fourth-order valence-electron chi connectivity index (χ4n) is 3.99. The average Bonchev–Trinajstić information content (AvgIpc) is 3.32. The number of hydrogen-bond acceptors (Lipinski definition) is 8. The first-order valence-electron chi connectivity index (χ1n) is 11.7. The van der Waals surface area contributed by atoms with Crippen LogP contribution in [0.25, 0.3) is 0 Å². The van der Waals surface area contributed by atoms with Gasteiger partial charge >= 0.3 is 5.69 Å². The molecule has 2 heterocycles. The van der Waals surface area contributed by atoms with E-state index in [1.54, 1.807) is 36.4 Å². The van der Waals surface area contributed by atoms with Gasteiger partial charge in [0.1, 0.15) is 23.9 Å². The zero-order chi connectivity index (χ0) is 27.1. The quantitative estimate of drug-likeness (QED) is 0.322. The van der Waals surface area contributed by atoms with Crippen molar-refractivity contribution < 1.29 is 28.5 Å². The van der Waals surface area contributed by atoms with E-state index in [9.17, 15) is 19.5 Å². The molecule has 0 aliphatic carbocycles. The molecule has 1 aliphatic rings. The molecule has 11 nitrogen and oxygen atoms in total. The Morgan fingerprint density at radius 2 is 1.79 bits per heavy atom. The van der Waals surface area contributed by atoms with Gasteiger partial charge in [-0.3, -0.25) is 14.2 Å². The van der Waals surface area contributed by atoms with Crippen LogP contribution in [0.4, 0.5) is 5.82 Å². The number of phenolic OH excluding ortho intramolecular Hbond substituents is 1. The van der Waals surface area contributed by atoms with Crippen LogP contribution in [0.15, 0.2) is 65.6 Å². The Bertz CT molecular complexity index is 1320. The van der Waals surface area contributed by atoms with Crippen molar-refractivity contribution in [1.29, 1.82) is 0 Å². The predicted octanol–water partition coefficient (Wildman–Crippen LogP) is 2.33. The van der Waals surface area contributed by atoms with Gasteiger partial charge in [-0.05, 0) is 41.5 Å². The number of carbonyl (C=O) groups excluding carboxylic acids is 2. The Hall–Kier alpha value is -3.20. The molecule has 3 aromatic rings. The van der Waals surface area contributed by atoms with Crippen molar-refractivity contribution in [2.45, 2.75) is 37.8 Å². The SMILES string of the molecule is O=C(Cc1ccc(O)cc1)NCc1ccc(C(=O)Nc2ccn([C@H]3C[C@@H](OP)[C@@H](COP)O3)c(=O)n2)cc1. The van der Waals surface area contributed by atoms with Gasteiger partial charge in [-0.1, -0.05) is 24.3 Å². The van der Waals surface area contributed by atoms with Crippen LogP contribution in [0.5, 0.6) is 5.75 Å². The van der Waals surface area contributed by atoms with Gasteiger partial charge in [-0.2, -0.15) is 4.98 Å². The van der Waals surface area contributed by atoms with Crippen LogP contribution in [0.1, 0.15) is 34.1 Å². The molecule has 0 spiro atoms. The molecule has 1 aliphatic heterocycles. The highest BCUT2D eigenvalue weighted by molar-refractivity contribution is 7.10. The van der Waals surface area contributed by atoms with Crippen LogP contribution in [-0.4, -0.2) is 45.3 Å². The number of nitrogens with zero attached hydrogens (tertiary/aromatic N) is 2. The summed E-state index contributed by atoms with van der Waals surface area (Å²) in [7, 11) is 4.36. The van der Waals surface area contributed by atoms with E-state index in [4.69, 9.17) is 13.8 Å². The van der Waals surface area contributed by atoms with E-state index in [2.05, 4.69) is 34.6 Å². The first kappa shape index (κ1) is 27.8. The maximum atomic E-state index is 12.7. The second kappa shape index (κ2) is 13.0. The number of hydrogen-bond donors (Lipinski definition) is 3. The topological polar surface area (TPSA) is 141 Å². The lowest BCUT2D eigenvalue weighted by Crippen LogP contribution is -2.28. The largest absolute Gasteiger partial charge is 0.508 e. The van der Waals surface area contributed by atoms with E-state index in [0.29, 0.717) is 25.1 Å². The summed E-state index contributed by atoms with van der Waals surface area (Å²) in [6.45, 7) is 0.593. The lowest BCUT2D eigenvalue weighted by Gasteiger charge is -2.16. The number of aromatic hydroxyl groups is 1. The molecule has 1 saturated heterocycles. The van der Waals surface area contributed by atoms with E-state index in [-0.39, 0.29) is 36.1 Å². The fraction of sp³-hybridized carbons (Fsp3) is 0.280. The third kappa shape index (κ3) is 7.22. The molecule has 38 heavy (non-hydrogen) atoms. The third-order valence-electron chi connectivity index (χ3n) is 6.00. The predicted molar refractivity (Wildman–Crippen MR) is 145 cm³/mol. The number of ether oxygens (including phenoxy) is 1. The number of aromatic nitrogens is 2. The van der Waals surface area contributed by atoms with Gasteiger partial charge in [0.2, 0.25) is 5.91 Å². The molecule has 13 heteroatoms. The van der Waals surface area contributed by atoms with Crippen molar-refractivity contribution in [2.75, 3.05) is 11.9 Å². The average molecular weight is 558 g/mol. The van der Waals surface area contributed by atoms with Gasteiger partial charge in [0.15, 0.2) is 0 Å². The number of anilines is 1. The molecule has 0 radical (unpaired) electrons. The van der Waals surface area contributed by atoms with Gasteiger partial charge in [0, 0.05) is 43.7 Å². The smallest absolute Gasteiger partial charge is 0.351 e. The molecular formula is C25H28N4O7P2. The third-order valence-corrected chi connectivity index (χ3v) is 6.55. The van der Waals surface area contributed by atoms with Crippen LogP contribution in [0.3, 0.4) is 0 Å². The van der Waals surface area contributed by atoms with E-state index >= 15 is 0 Å². The maximum Gasteiger partial charge on any atom is 0.351 e. The highest BCUT2D eigenvalue weighted by Gasteiger charge is 2.37. The molecule has 2 amide bonds. The van der Waals surface area contributed by atoms with Crippen molar-refractivity contribution in [3.8, 4) is 5.75 Å². The Balaban J connectivity index is 1.30. The van der Waals surface area contributed by atoms with Gasteiger partial charge in [-0.15, -0.1) is 0 Å². The van der Waals surface area contributed by atoms with Gasteiger partial charge in [-0.25, -0.2) is 4.79 Å². The number of nitrogens with one attached hydrogen (secondary N) is 2. The Labute approximate surface area is 223 Å². The lowest BCUT2D eigenvalue weighted by molar-refractivity contribution is -0.120. The van der Waals surface area contributed by atoms with E-state index in [1.807, 2.05) is 0 Å². The maximum absolute atomic E-state index is 12.7. The molecule has 2 aromatic carbocycles. The molecule has 1 fully saturated rings. The Morgan fingerprint density at radius 3 is 2.45 bits per heavy atom. The Kier molecular flexibility index (Phi) is 9.55. The second-order valence-electron chi connectivity index (χ2n) is 8.65. The number of rotatable bonds is 10. The zero-order valence-electron chi connectivity index (χ0n) is 20.3. The van der Waals surface area contributed by atoms with E-state index < -0.39 is 17.8 Å². The second-order valence-corrected chi connectivity index (χ2v) is 9.25. The van der Waals surface area contributed by atoms with Crippen molar-refractivity contribution in [3.05, 3.63) is 88.0 Å². The highest BCUT2D eigenvalue weighted by Crippen LogP contribution is 2.31. The first-order chi connectivity index (χ1) is 18.4. The summed E-state index contributed by atoms with van der Waals surface area (Å²) in [6.07, 6.45) is 0.995. The van der Waals surface area contributed by atoms with E-state index in [0.717, 1.165) is 11.1 Å². The van der Waals surface area contributed by atoms with Crippen LogP contribution in [0.2, 0.25) is 0 Å². The minimum Gasteiger partial charge on any atom is -0.508 e. The minimum atomic E-state index is -0.568. The molecule has 5 atom stereocenters. The molecule has 3 N–H and O–H groups in total. The summed E-state index contributed by atoms with van der Waals surface area (Å²) < 4.78 is 17.6. The number of phenols is 1. The first-order valence-corrected chi connectivity index (χ1v) is 12.7. The number of amides is 2. The van der Waals surface area contributed by atoms with Gasteiger partial charge in [0.05, 0.1) is 19.1 Å². The lowest BCUT2D eigenvalue weighted by atomic mass is 10.1. The molecule has 200 valence electrons. The summed E-state index contributed by atoms with van der Waals surface area (Å²) in [5, 5.41) is 14.8. The molecular weight excluding hydrogens is 530 g/mol. The van der Waals surface area contributed by atoms with Crippen molar-refractivity contribution >= 4 is 36.6 Å². The van der Waals surface area contributed by atoms with Crippen LogP contribution in [-0.2, 0) is 31.5 Å². The summed E-state index contributed by atoms with van der Waals surface area (Å²) in [5.41, 5.74) is 1.41. The fourth-order valence-corrected chi connectivity index (χ4v) is 4.46. The number of benzene rings is 2. The highest BCUT2D eigenvalue weighted by atomic mass is 31.0. The molecule has 0 saturated carbocycles. The summed E-state index contributed by atoms with van der Waals surface area (Å²) in [6, 6.07) is 14.7. The van der Waals surface area contributed by atoms with Crippen molar-refractivity contribution in [2.24, 2.45) is 0 Å². The van der Waals surface area contributed by atoms with Crippen LogP contribution in [0, 0.1) is 0 Å². The number of carbonyl (C=O) groups is 2. The summed E-state index contributed by atoms with van der Waals surface area (Å²) >= 11 is 0. The van der Waals surface area contributed by atoms with E-state index in [1.165, 1.54) is 29.0 Å². The van der Waals surface area contributed by atoms with Gasteiger partial charge < -0.3 is 29.5 Å². The molecule has 0 bridgehead atoms. The summed E-state index contributed by atoms with van der Waals surface area (Å²) in [4.78, 5) is 41.4. The van der Waals surface area contributed by atoms with Crippen molar-refractivity contribution in [3.63, 3.8) is 0 Å². The monoisotopic (exact) mass is 558 g/mol. The van der Waals surface area contributed by atoms with Crippen molar-refractivity contribution in [1.82, 2.24) is 14.9 Å². The summed E-state index contributed by atoms with van der Waals surface area (Å²) in [5.74, 6) is -0.327. The molecule has 2 unspecified atom stereocenters. The van der Waals surface area contributed by atoms with Gasteiger partial charge in [0.25, 0.3) is 5.91 Å². The van der Waals surface area contributed by atoms with Crippen LogP contribution >= 0.6 is 18.9 Å². The zero-order valence-corrected chi connectivity index (χ0v) is 22.6. The Morgan fingerprint density at radius 1 is 1.08 bits per heavy atom. The standard InChI is InChI=1S/C25H28N4O7P2/c30-18-7-3-15(4-8-18)11-22(31)26-13-16-1-5-17(6-2-16)24(32)27-21-9-10-29(25(33)28-21)23-12-19(36-38)20(35-23)14-34-37/h1-10,19-20,23,30H,11-14,37-38H2,(H,26,31)(H,27,28,32,33)/t19-,20-,23-/m1/s1. The molecule has 1 aromatic heterocycles. The minimum absolute atomic E-state index is 0.114. The normalized spacial score (nSPS) is 18.7. The molecule has 4 rings (SSSR count).